The van der Waals surface area contributed by atoms with Gasteiger partial charge in [-0.25, -0.2) is 0 Å². The average Bonchev–Trinajstić information content (AvgIpc) is 3.12. The lowest BCUT2D eigenvalue weighted by molar-refractivity contribution is 0.0977. The van der Waals surface area contributed by atoms with E-state index in [0.717, 1.165) is 40.0 Å². The maximum atomic E-state index is 12.3. The van der Waals surface area contributed by atoms with E-state index in [-0.39, 0.29) is 11.0 Å². The highest BCUT2D eigenvalue weighted by atomic mass is 32.1. The maximum Gasteiger partial charge on any atom is 0.257 e. The number of carbonyl (C=O) groups excluding carboxylic acids is 1. The van der Waals surface area contributed by atoms with E-state index in [1.165, 1.54) is 0 Å². The largest absolute Gasteiger partial charge is 0.340 e. The molecule has 0 unspecified atom stereocenters. The van der Waals surface area contributed by atoms with Crippen molar-refractivity contribution < 1.29 is 4.79 Å². The quantitative estimate of drug-likeness (QED) is 0.405. The number of aromatic nitrogens is 1. The van der Waals surface area contributed by atoms with E-state index in [9.17, 15) is 10.1 Å². The Balaban J connectivity index is 1.65. The summed E-state index contributed by atoms with van der Waals surface area (Å²) in [6.07, 6.45) is 0. The third kappa shape index (κ3) is 4.11. The third-order valence-corrected chi connectivity index (χ3v) is 5.51. The molecule has 0 radical (unpaired) electrons. The molecule has 0 saturated heterocycles. The van der Waals surface area contributed by atoms with Crippen LogP contribution in [0.15, 0.2) is 72.8 Å². The fourth-order valence-corrected chi connectivity index (χ4v) is 4.08. The van der Waals surface area contributed by atoms with Crippen molar-refractivity contribution in [2.24, 2.45) is 0 Å². The summed E-state index contributed by atoms with van der Waals surface area (Å²) in [4.78, 5) is 12.3. The number of benzene rings is 3. The van der Waals surface area contributed by atoms with Crippen molar-refractivity contribution in [1.29, 1.82) is 5.26 Å². The number of nitrogens with one attached hydrogen (secondary N) is 2. The Morgan fingerprint density at radius 2 is 1.84 bits per heavy atom. The number of fused-ring (bicyclic) bond motifs is 1. The molecular formula is C26H22N4OS. The summed E-state index contributed by atoms with van der Waals surface area (Å²) in [6.45, 7) is 4.86. The van der Waals surface area contributed by atoms with Crippen LogP contribution in [0.25, 0.3) is 22.2 Å². The van der Waals surface area contributed by atoms with E-state index in [1.54, 1.807) is 24.3 Å². The number of aryl methyl sites for hydroxylation is 2. The molecule has 4 rings (SSSR count). The van der Waals surface area contributed by atoms with Crippen LogP contribution in [0.2, 0.25) is 0 Å². The molecule has 5 nitrogen and oxygen atoms in total. The number of nitrogens with zero attached hydrogens (tertiary/aromatic N) is 2. The van der Waals surface area contributed by atoms with Gasteiger partial charge in [-0.1, -0.05) is 42.5 Å². The number of hydrogen-bond acceptors (Lipinski definition) is 3. The number of thiocarbonyl (C=S) groups is 1. The van der Waals surface area contributed by atoms with Crippen LogP contribution in [0.3, 0.4) is 0 Å². The summed E-state index contributed by atoms with van der Waals surface area (Å²) >= 11 is 5.34. The Hall–Kier alpha value is -3.95. The van der Waals surface area contributed by atoms with Crippen molar-refractivity contribution in [3.8, 4) is 17.3 Å². The molecule has 1 aromatic heterocycles. The second-order valence-electron chi connectivity index (χ2n) is 7.46. The second kappa shape index (κ2) is 9.04. The maximum absolute atomic E-state index is 12.3. The summed E-state index contributed by atoms with van der Waals surface area (Å²) in [5.41, 5.74) is 5.89. The molecular weight excluding hydrogens is 416 g/mol. The number of amides is 1. The minimum Gasteiger partial charge on any atom is -0.340 e. The van der Waals surface area contributed by atoms with Crippen LogP contribution >= 0.6 is 12.2 Å². The molecule has 0 spiro atoms. The van der Waals surface area contributed by atoms with E-state index in [4.69, 9.17) is 12.2 Å². The van der Waals surface area contributed by atoms with Crippen molar-refractivity contribution >= 4 is 39.8 Å². The van der Waals surface area contributed by atoms with Gasteiger partial charge in [0.25, 0.3) is 5.91 Å². The highest BCUT2D eigenvalue weighted by Crippen LogP contribution is 2.35. The molecule has 158 valence electrons. The first-order valence-electron chi connectivity index (χ1n) is 10.3. The lowest BCUT2D eigenvalue weighted by Gasteiger charge is -2.13. The van der Waals surface area contributed by atoms with Gasteiger partial charge in [0.15, 0.2) is 5.11 Å². The summed E-state index contributed by atoms with van der Waals surface area (Å²) in [5, 5.41) is 16.9. The molecule has 0 aliphatic rings. The molecule has 0 fully saturated rings. The van der Waals surface area contributed by atoms with Gasteiger partial charge in [0, 0.05) is 28.7 Å². The lowest BCUT2D eigenvalue weighted by Crippen LogP contribution is -2.34. The predicted octanol–water partition coefficient (Wildman–Crippen LogP) is 5.64. The first-order valence-corrected chi connectivity index (χ1v) is 10.7. The Bertz CT molecular complexity index is 1370. The number of anilines is 1. The topological polar surface area (TPSA) is 69.8 Å². The monoisotopic (exact) mass is 438 g/mol. The third-order valence-electron chi connectivity index (χ3n) is 5.31. The minimum absolute atomic E-state index is 0.211. The van der Waals surface area contributed by atoms with Gasteiger partial charge in [0.05, 0.1) is 16.8 Å². The summed E-state index contributed by atoms with van der Waals surface area (Å²) < 4.78 is 2.16. The minimum atomic E-state index is -0.271. The first-order chi connectivity index (χ1) is 15.5. The molecule has 0 aliphatic heterocycles. The highest BCUT2D eigenvalue weighted by Gasteiger charge is 2.18. The van der Waals surface area contributed by atoms with Crippen LogP contribution in [-0.4, -0.2) is 15.6 Å². The molecule has 6 heteroatoms. The zero-order chi connectivity index (χ0) is 22.7. The van der Waals surface area contributed by atoms with Crippen molar-refractivity contribution in [3.63, 3.8) is 0 Å². The first kappa shape index (κ1) is 21.3. The van der Waals surface area contributed by atoms with Gasteiger partial charge in [-0.2, -0.15) is 5.26 Å². The molecule has 4 aromatic rings. The van der Waals surface area contributed by atoms with Gasteiger partial charge in [-0.15, -0.1) is 0 Å². The Labute approximate surface area is 192 Å². The van der Waals surface area contributed by atoms with E-state index in [1.807, 2.05) is 49.4 Å². The second-order valence-corrected chi connectivity index (χ2v) is 7.86. The molecule has 2 N–H and O–H groups in total. The SMILES string of the molecule is CCn1c(-c2cccc(NC(=S)NC(=O)c3ccccc3)c2)c(C#N)c2ccc(C)cc21. The van der Waals surface area contributed by atoms with Crippen LogP contribution in [0.4, 0.5) is 5.69 Å². The van der Waals surface area contributed by atoms with Gasteiger partial charge in [0.2, 0.25) is 0 Å². The Morgan fingerprint density at radius 3 is 2.56 bits per heavy atom. The highest BCUT2D eigenvalue weighted by molar-refractivity contribution is 7.80. The molecule has 0 saturated carbocycles. The molecule has 1 amide bonds. The zero-order valence-electron chi connectivity index (χ0n) is 17.8. The van der Waals surface area contributed by atoms with Crippen LogP contribution < -0.4 is 10.6 Å². The molecule has 1 heterocycles. The normalized spacial score (nSPS) is 10.5. The predicted molar refractivity (Wildman–Crippen MR) is 133 cm³/mol. The number of nitriles is 1. The van der Waals surface area contributed by atoms with E-state index in [2.05, 4.69) is 34.3 Å². The smallest absolute Gasteiger partial charge is 0.257 e. The van der Waals surface area contributed by atoms with Crippen molar-refractivity contribution in [1.82, 2.24) is 9.88 Å². The molecule has 0 bridgehead atoms. The lowest BCUT2D eigenvalue weighted by atomic mass is 10.0. The Morgan fingerprint density at radius 1 is 1.06 bits per heavy atom. The van der Waals surface area contributed by atoms with E-state index in [0.29, 0.717) is 11.1 Å². The van der Waals surface area contributed by atoms with E-state index < -0.39 is 0 Å². The standard InChI is InChI=1S/C26H22N4OS/c1-3-30-23-14-17(2)12-13-21(23)22(16-27)24(30)19-10-7-11-20(15-19)28-26(32)29-25(31)18-8-5-4-6-9-18/h4-15H,3H2,1-2H3,(H2,28,29,31,32). The van der Waals surface area contributed by atoms with Crippen LogP contribution in [0.1, 0.15) is 28.4 Å². The molecule has 0 atom stereocenters. The summed E-state index contributed by atoms with van der Waals surface area (Å²) in [6, 6.07) is 25.1. The van der Waals surface area contributed by atoms with Gasteiger partial charge in [-0.05, 0) is 62.0 Å². The number of hydrogen-bond donors (Lipinski definition) is 2. The molecule has 32 heavy (non-hydrogen) atoms. The number of rotatable bonds is 4. The summed E-state index contributed by atoms with van der Waals surface area (Å²) in [7, 11) is 0. The Kier molecular flexibility index (Phi) is 6.02. The van der Waals surface area contributed by atoms with Gasteiger partial charge >= 0.3 is 0 Å². The number of carbonyl (C=O) groups is 1. The van der Waals surface area contributed by atoms with Crippen molar-refractivity contribution in [3.05, 3.63) is 89.5 Å². The average molecular weight is 439 g/mol. The fraction of sp³-hybridized carbons (Fsp3) is 0.115. The zero-order valence-corrected chi connectivity index (χ0v) is 18.7. The molecule has 0 aliphatic carbocycles. The van der Waals surface area contributed by atoms with Crippen LogP contribution in [0.5, 0.6) is 0 Å². The molecule has 3 aromatic carbocycles. The van der Waals surface area contributed by atoms with Gasteiger partial charge < -0.3 is 9.88 Å². The van der Waals surface area contributed by atoms with Crippen LogP contribution in [-0.2, 0) is 6.54 Å². The van der Waals surface area contributed by atoms with Gasteiger partial charge in [-0.3, -0.25) is 10.1 Å². The van der Waals surface area contributed by atoms with Crippen molar-refractivity contribution in [2.75, 3.05) is 5.32 Å². The van der Waals surface area contributed by atoms with Crippen LogP contribution in [0, 0.1) is 18.3 Å². The van der Waals surface area contributed by atoms with E-state index >= 15 is 0 Å². The van der Waals surface area contributed by atoms with Gasteiger partial charge in [0.1, 0.15) is 6.07 Å². The summed E-state index contributed by atoms with van der Waals surface area (Å²) in [5.74, 6) is -0.271. The van der Waals surface area contributed by atoms with Crippen molar-refractivity contribution in [2.45, 2.75) is 20.4 Å². The fourth-order valence-electron chi connectivity index (χ4n) is 3.87.